The quantitative estimate of drug-likeness (QED) is 0.483. The minimum Gasteiger partial charge on any atom is -0.480 e. The Morgan fingerprint density at radius 3 is 1.62 bits per heavy atom. The minimum absolute atomic E-state index is 1.58. The third-order valence-electron chi connectivity index (χ3n) is 0.997. The monoisotopic (exact) mass is 234 g/mol. The van der Waals surface area contributed by atoms with Gasteiger partial charge in [-0.05, 0) is 0 Å². The van der Waals surface area contributed by atoms with Crippen LogP contribution in [0.3, 0.4) is 0 Å². The first kappa shape index (κ1) is 12.3. The number of aliphatic carboxylic acids is 1. The molecule has 0 rings (SSSR count). The van der Waals surface area contributed by atoms with Gasteiger partial charge in [0.05, 0.1) is 0 Å². The highest BCUT2D eigenvalue weighted by molar-refractivity contribution is 7.90. The van der Waals surface area contributed by atoms with Gasteiger partial charge >= 0.3 is 5.97 Å². The summed E-state index contributed by atoms with van der Waals surface area (Å²) in [6.45, 7) is 0. The molecule has 0 aliphatic rings. The predicted molar refractivity (Wildman–Crippen MR) is 39.4 cm³/mol. The zero-order valence-corrected chi connectivity index (χ0v) is 7.62. The summed E-state index contributed by atoms with van der Waals surface area (Å²) < 4.78 is 57.1. The van der Waals surface area contributed by atoms with Crippen LogP contribution in [0, 0.1) is 0 Å². The molecule has 0 radical (unpaired) electrons. The van der Waals surface area contributed by atoms with Crippen LogP contribution in [0.4, 0.5) is 0 Å². The van der Waals surface area contributed by atoms with Crippen molar-refractivity contribution in [3.8, 4) is 0 Å². The van der Waals surface area contributed by atoms with Gasteiger partial charge in [0.15, 0.2) is 5.25 Å². The highest BCUT2D eigenvalue weighted by Gasteiger charge is 2.35. The van der Waals surface area contributed by atoms with E-state index in [0.29, 0.717) is 0 Å². The van der Waals surface area contributed by atoms with Crippen LogP contribution in [0.5, 0.6) is 0 Å². The van der Waals surface area contributed by atoms with E-state index in [0.717, 1.165) is 0 Å². The lowest BCUT2D eigenvalue weighted by Gasteiger charge is -2.05. The summed E-state index contributed by atoms with van der Waals surface area (Å²) in [5.41, 5.74) is 0. The Balaban J connectivity index is 5.00. The van der Waals surface area contributed by atoms with Crippen molar-refractivity contribution in [3.05, 3.63) is 0 Å². The molecule has 0 amide bonds. The maximum atomic E-state index is 10.2. The van der Waals surface area contributed by atoms with Gasteiger partial charge < -0.3 is 5.11 Å². The second-order valence-electron chi connectivity index (χ2n) is 2.09. The molecule has 8 nitrogen and oxygen atoms in total. The Kier molecular flexibility index (Phi) is 3.38. The second kappa shape index (κ2) is 3.57. The number of carboxylic acids is 1. The van der Waals surface area contributed by atoms with Gasteiger partial charge in [0.2, 0.25) is 0 Å². The van der Waals surface area contributed by atoms with Gasteiger partial charge in [0.25, 0.3) is 20.2 Å². The second-order valence-corrected chi connectivity index (χ2v) is 5.19. The predicted octanol–water partition coefficient (Wildman–Crippen LogP) is -1.78. The fraction of sp³-hybridized carbons (Fsp3) is 0.667. The molecule has 0 aliphatic carbocycles. The number of rotatable bonds is 4. The average molecular weight is 234 g/mol. The van der Waals surface area contributed by atoms with Crippen LogP contribution in [0.1, 0.15) is 0 Å². The average Bonchev–Trinajstić information content (AvgIpc) is 1.77. The van der Waals surface area contributed by atoms with E-state index in [1.54, 1.807) is 0 Å². The maximum absolute atomic E-state index is 10.2. The van der Waals surface area contributed by atoms with Crippen LogP contribution < -0.4 is 0 Å². The summed E-state index contributed by atoms with van der Waals surface area (Å²) in [5.74, 6) is -3.64. The van der Waals surface area contributed by atoms with Crippen LogP contribution in [0.15, 0.2) is 0 Å². The lowest BCUT2D eigenvalue weighted by Crippen LogP contribution is -2.36. The van der Waals surface area contributed by atoms with Crippen molar-refractivity contribution in [1.29, 1.82) is 0 Å². The number of carboxylic acid groups (broad SMARTS) is 1. The van der Waals surface area contributed by atoms with Gasteiger partial charge in [-0.3, -0.25) is 13.9 Å². The first-order chi connectivity index (χ1) is 5.54. The molecule has 0 unspecified atom stereocenters. The lowest BCUT2D eigenvalue weighted by atomic mass is 10.5. The standard InChI is InChI=1S/C3H6O8S2/c4-3(5)2(13(9,10)11)1-12(6,7)8/h2H,1H2,(H,4,5)(H,6,7,8)(H,9,10,11)/t2-/m0/s1. The van der Waals surface area contributed by atoms with Gasteiger partial charge in [-0.1, -0.05) is 0 Å². The van der Waals surface area contributed by atoms with Crippen molar-refractivity contribution in [2.75, 3.05) is 5.75 Å². The summed E-state index contributed by atoms with van der Waals surface area (Å²) in [6.07, 6.45) is 0. The summed E-state index contributed by atoms with van der Waals surface area (Å²) in [5, 5.41) is 5.59. The summed E-state index contributed by atoms with van der Waals surface area (Å²) in [7, 11) is -9.81. The summed E-state index contributed by atoms with van der Waals surface area (Å²) >= 11 is 0. The molecule has 13 heavy (non-hydrogen) atoms. The van der Waals surface area contributed by atoms with Gasteiger partial charge in [-0.15, -0.1) is 0 Å². The zero-order chi connectivity index (χ0) is 10.9. The van der Waals surface area contributed by atoms with E-state index in [2.05, 4.69) is 0 Å². The third kappa shape index (κ3) is 4.77. The van der Waals surface area contributed by atoms with E-state index in [-0.39, 0.29) is 0 Å². The first-order valence-corrected chi connectivity index (χ1v) is 5.79. The summed E-state index contributed by atoms with van der Waals surface area (Å²) in [6, 6.07) is 0. The third-order valence-corrected chi connectivity index (χ3v) is 3.05. The molecule has 0 saturated carbocycles. The van der Waals surface area contributed by atoms with Crippen LogP contribution in [0.2, 0.25) is 0 Å². The molecular formula is C3H6O8S2. The van der Waals surface area contributed by atoms with E-state index in [4.69, 9.17) is 14.2 Å². The molecule has 0 aliphatic heterocycles. The van der Waals surface area contributed by atoms with Gasteiger partial charge in [0.1, 0.15) is 5.75 Å². The van der Waals surface area contributed by atoms with Crippen molar-refractivity contribution in [2.45, 2.75) is 5.25 Å². The van der Waals surface area contributed by atoms with Crippen molar-refractivity contribution in [3.63, 3.8) is 0 Å². The van der Waals surface area contributed by atoms with Crippen LogP contribution in [0.25, 0.3) is 0 Å². The van der Waals surface area contributed by atoms with E-state index in [1.807, 2.05) is 0 Å². The molecule has 0 spiro atoms. The minimum atomic E-state index is -5.04. The number of hydrogen-bond donors (Lipinski definition) is 3. The van der Waals surface area contributed by atoms with Crippen molar-refractivity contribution in [2.24, 2.45) is 0 Å². The molecule has 0 aromatic rings. The van der Waals surface area contributed by atoms with Gasteiger partial charge in [0, 0.05) is 0 Å². The maximum Gasteiger partial charge on any atom is 0.325 e. The molecule has 0 aromatic heterocycles. The largest absolute Gasteiger partial charge is 0.480 e. The van der Waals surface area contributed by atoms with E-state index in [9.17, 15) is 21.6 Å². The molecular weight excluding hydrogens is 228 g/mol. The Bertz CT molecular complexity index is 387. The van der Waals surface area contributed by atoms with Crippen molar-refractivity contribution >= 4 is 26.2 Å². The van der Waals surface area contributed by atoms with E-state index < -0.39 is 37.2 Å². The molecule has 0 heterocycles. The normalized spacial score (nSPS) is 15.2. The highest BCUT2D eigenvalue weighted by atomic mass is 32.2. The highest BCUT2D eigenvalue weighted by Crippen LogP contribution is 2.02. The van der Waals surface area contributed by atoms with E-state index >= 15 is 0 Å². The molecule has 0 aromatic carbocycles. The first-order valence-electron chi connectivity index (χ1n) is 2.68. The Morgan fingerprint density at radius 1 is 1.15 bits per heavy atom. The fourth-order valence-electron chi connectivity index (χ4n) is 0.476. The molecule has 10 heteroatoms. The SMILES string of the molecule is O=C(O)[C@H](CS(=O)(=O)O)S(=O)(=O)O. The molecule has 0 saturated heterocycles. The fourth-order valence-corrected chi connectivity index (χ4v) is 2.46. The number of carbonyl (C=O) groups is 1. The van der Waals surface area contributed by atoms with Gasteiger partial charge in [-0.2, -0.15) is 16.8 Å². The Hall–Kier alpha value is -0.710. The molecule has 78 valence electrons. The Labute approximate surface area is 73.7 Å². The Morgan fingerprint density at radius 2 is 1.54 bits per heavy atom. The van der Waals surface area contributed by atoms with Crippen LogP contribution in [-0.4, -0.2) is 48.0 Å². The topological polar surface area (TPSA) is 146 Å². The molecule has 3 N–H and O–H groups in total. The lowest BCUT2D eigenvalue weighted by molar-refractivity contribution is -0.136. The van der Waals surface area contributed by atoms with Crippen molar-refractivity contribution < 1.29 is 35.8 Å². The van der Waals surface area contributed by atoms with E-state index in [1.165, 1.54) is 0 Å². The van der Waals surface area contributed by atoms with Crippen molar-refractivity contribution in [1.82, 2.24) is 0 Å². The molecule has 0 fully saturated rings. The molecule has 0 bridgehead atoms. The summed E-state index contributed by atoms with van der Waals surface area (Å²) in [4.78, 5) is 10.1. The van der Waals surface area contributed by atoms with Gasteiger partial charge in [-0.25, -0.2) is 0 Å². The van der Waals surface area contributed by atoms with Crippen LogP contribution in [-0.2, 0) is 25.0 Å². The van der Waals surface area contributed by atoms with Crippen LogP contribution >= 0.6 is 0 Å². The zero-order valence-electron chi connectivity index (χ0n) is 5.98. The smallest absolute Gasteiger partial charge is 0.325 e. The molecule has 1 atom stereocenters. The number of hydrogen-bond acceptors (Lipinski definition) is 5.